The molecule has 3 rings (SSSR count). The molecule has 1 fully saturated rings. The second-order valence-electron chi connectivity index (χ2n) is 6.77. The monoisotopic (exact) mass is 339 g/mol. The predicted molar refractivity (Wildman–Crippen MR) is 97.5 cm³/mol. The molecule has 1 aliphatic heterocycles. The number of carbonyl (C=O) groups excluding carboxylic acids is 1. The van der Waals surface area contributed by atoms with E-state index in [0.717, 1.165) is 32.5 Å². The molecule has 0 bridgehead atoms. The van der Waals surface area contributed by atoms with Crippen molar-refractivity contribution in [3.8, 4) is 0 Å². The second-order valence-corrected chi connectivity index (χ2v) is 6.77. The van der Waals surface area contributed by atoms with Gasteiger partial charge in [0.05, 0.1) is 0 Å². The minimum atomic E-state index is 0.0118. The van der Waals surface area contributed by atoms with E-state index in [1.165, 1.54) is 12.0 Å². The van der Waals surface area contributed by atoms with Crippen molar-refractivity contribution in [2.45, 2.75) is 26.2 Å². The van der Waals surface area contributed by atoms with Crippen LogP contribution in [0.5, 0.6) is 0 Å². The lowest BCUT2D eigenvalue weighted by Crippen LogP contribution is -2.39. The molecule has 1 unspecified atom stereocenters. The Balaban J connectivity index is 1.65. The summed E-state index contributed by atoms with van der Waals surface area (Å²) in [4.78, 5) is 29.5. The zero-order valence-electron chi connectivity index (χ0n) is 14.9. The summed E-state index contributed by atoms with van der Waals surface area (Å²) in [5.41, 5.74) is 1.70. The highest BCUT2D eigenvalue weighted by molar-refractivity contribution is 5.92. The third kappa shape index (κ3) is 4.53. The van der Waals surface area contributed by atoms with Crippen LogP contribution in [0.3, 0.4) is 0 Å². The zero-order valence-corrected chi connectivity index (χ0v) is 14.9. The van der Waals surface area contributed by atoms with Gasteiger partial charge in [0.2, 0.25) is 5.95 Å². The number of rotatable bonds is 5. The summed E-state index contributed by atoms with van der Waals surface area (Å²) in [5, 5.41) is 0. The van der Waals surface area contributed by atoms with E-state index in [0.29, 0.717) is 17.6 Å². The van der Waals surface area contributed by atoms with Gasteiger partial charge in [0.15, 0.2) is 0 Å². The van der Waals surface area contributed by atoms with E-state index in [9.17, 15) is 4.79 Å². The number of carbonyl (C=O) groups is 1. The van der Waals surface area contributed by atoms with Crippen molar-refractivity contribution in [1.29, 1.82) is 0 Å². The van der Waals surface area contributed by atoms with Gasteiger partial charge in [0, 0.05) is 45.3 Å². The van der Waals surface area contributed by atoms with E-state index in [1.807, 2.05) is 29.0 Å². The Morgan fingerprint density at radius 1 is 1.28 bits per heavy atom. The van der Waals surface area contributed by atoms with E-state index >= 15 is 0 Å². The highest BCUT2D eigenvalue weighted by Gasteiger charge is 2.23. The van der Waals surface area contributed by atoms with Crippen LogP contribution < -0.4 is 4.90 Å². The summed E-state index contributed by atoms with van der Waals surface area (Å²) in [5.74, 6) is 1.16. The lowest BCUT2D eigenvalue weighted by molar-refractivity contribution is 0.0677. The van der Waals surface area contributed by atoms with Crippen LogP contribution in [0.1, 0.15) is 35.8 Å². The molecule has 0 N–H and O–H groups in total. The van der Waals surface area contributed by atoms with Crippen molar-refractivity contribution in [3.63, 3.8) is 0 Å². The molecule has 132 valence electrons. The maximum atomic E-state index is 12.7. The van der Waals surface area contributed by atoms with Crippen LogP contribution in [0.25, 0.3) is 0 Å². The SMILES string of the molecule is CC1CCCN(C(=O)c2ccnc(N(C)CCc3ccncc3)n2)C1. The smallest absolute Gasteiger partial charge is 0.272 e. The van der Waals surface area contributed by atoms with Gasteiger partial charge in [0.1, 0.15) is 5.69 Å². The number of likely N-dealkylation sites (N-methyl/N-ethyl adjacent to an activating group) is 1. The van der Waals surface area contributed by atoms with E-state index in [2.05, 4.69) is 21.9 Å². The molecule has 0 saturated carbocycles. The van der Waals surface area contributed by atoms with Gasteiger partial charge < -0.3 is 9.80 Å². The van der Waals surface area contributed by atoms with Crippen LogP contribution in [-0.2, 0) is 6.42 Å². The number of likely N-dealkylation sites (tertiary alicyclic amines) is 1. The van der Waals surface area contributed by atoms with Crippen molar-refractivity contribution < 1.29 is 4.79 Å². The van der Waals surface area contributed by atoms with E-state index in [-0.39, 0.29) is 5.91 Å². The number of amides is 1. The van der Waals surface area contributed by atoms with E-state index < -0.39 is 0 Å². The average Bonchev–Trinajstić information content (AvgIpc) is 2.66. The van der Waals surface area contributed by atoms with E-state index in [1.54, 1.807) is 24.7 Å². The minimum Gasteiger partial charge on any atom is -0.344 e. The van der Waals surface area contributed by atoms with Crippen LogP contribution in [0.4, 0.5) is 5.95 Å². The second kappa shape index (κ2) is 8.05. The fourth-order valence-electron chi connectivity index (χ4n) is 3.13. The molecule has 0 spiro atoms. The Hall–Kier alpha value is -2.50. The Bertz CT molecular complexity index is 706. The number of piperidine rings is 1. The summed E-state index contributed by atoms with van der Waals surface area (Å²) in [6.07, 6.45) is 8.40. The molecule has 1 saturated heterocycles. The van der Waals surface area contributed by atoms with Crippen LogP contribution in [0.2, 0.25) is 0 Å². The molecule has 6 nitrogen and oxygen atoms in total. The van der Waals surface area contributed by atoms with Crippen molar-refractivity contribution in [3.05, 3.63) is 48.0 Å². The molecule has 0 radical (unpaired) electrons. The van der Waals surface area contributed by atoms with Gasteiger partial charge in [-0.15, -0.1) is 0 Å². The molecule has 0 aliphatic carbocycles. The van der Waals surface area contributed by atoms with Crippen molar-refractivity contribution in [2.75, 3.05) is 31.6 Å². The minimum absolute atomic E-state index is 0.0118. The molecule has 1 aliphatic rings. The first-order chi connectivity index (χ1) is 12.1. The predicted octanol–water partition coefficient (Wildman–Crippen LogP) is 2.42. The van der Waals surface area contributed by atoms with Crippen LogP contribution in [-0.4, -0.2) is 52.4 Å². The zero-order chi connectivity index (χ0) is 17.6. The maximum absolute atomic E-state index is 12.7. The quantitative estimate of drug-likeness (QED) is 0.837. The number of anilines is 1. The van der Waals surface area contributed by atoms with Crippen LogP contribution in [0, 0.1) is 5.92 Å². The first-order valence-electron chi connectivity index (χ1n) is 8.86. The van der Waals surface area contributed by atoms with Crippen LogP contribution in [0.15, 0.2) is 36.8 Å². The Kier molecular flexibility index (Phi) is 5.58. The van der Waals surface area contributed by atoms with Gasteiger partial charge in [-0.3, -0.25) is 9.78 Å². The normalized spacial score (nSPS) is 17.4. The summed E-state index contributed by atoms with van der Waals surface area (Å²) in [7, 11) is 1.95. The third-order valence-electron chi connectivity index (χ3n) is 4.63. The molecule has 1 atom stereocenters. The molecule has 1 amide bonds. The van der Waals surface area contributed by atoms with E-state index in [4.69, 9.17) is 0 Å². The molecule has 25 heavy (non-hydrogen) atoms. The van der Waals surface area contributed by atoms with Gasteiger partial charge in [-0.2, -0.15) is 0 Å². The van der Waals surface area contributed by atoms with Gasteiger partial charge in [-0.25, -0.2) is 9.97 Å². The average molecular weight is 339 g/mol. The summed E-state index contributed by atoms with van der Waals surface area (Å²) in [6, 6.07) is 5.72. The van der Waals surface area contributed by atoms with Crippen LogP contribution >= 0.6 is 0 Å². The molecular formula is C19H25N5O. The first-order valence-corrected chi connectivity index (χ1v) is 8.86. The summed E-state index contributed by atoms with van der Waals surface area (Å²) in [6.45, 7) is 4.61. The highest BCUT2D eigenvalue weighted by atomic mass is 16.2. The number of aromatic nitrogens is 3. The summed E-state index contributed by atoms with van der Waals surface area (Å²) >= 11 is 0. The molecule has 3 heterocycles. The number of hydrogen-bond acceptors (Lipinski definition) is 5. The number of hydrogen-bond donors (Lipinski definition) is 0. The molecule has 2 aromatic rings. The van der Waals surface area contributed by atoms with Crippen molar-refractivity contribution in [2.24, 2.45) is 5.92 Å². The van der Waals surface area contributed by atoms with Crippen molar-refractivity contribution in [1.82, 2.24) is 19.9 Å². The van der Waals surface area contributed by atoms with Gasteiger partial charge in [-0.05, 0) is 48.9 Å². The molecule has 2 aromatic heterocycles. The van der Waals surface area contributed by atoms with Gasteiger partial charge >= 0.3 is 0 Å². The molecule has 6 heteroatoms. The largest absolute Gasteiger partial charge is 0.344 e. The Labute approximate surface area is 148 Å². The first kappa shape index (κ1) is 17.3. The maximum Gasteiger partial charge on any atom is 0.272 e. The third-order valence-corrected chi connectivity index (χ3v) is 4.63. The van der Waals surface area contributed by atoms with Crippen molar-refractivity contribution >= 4 is 11.9 Å². The fraction of sp³-hybridized carbons (Fsp3) is 0.474. The molecule has 0 aromatic carbocycles. The lowest BCUT2D eigenvalue weighted by atomic mass is 10.00. The van der Waals surface area contributed by atoms with Gasteiger partial charge in [-0.1, -0.05) is 6.92 Å². The fourth-order valence-corrected chi connectivity index (χ4v) is 3.13. The number of nitrogens with zero attached hydrogens (tertiary/aromatic N) is 5. The lowest BCUT2D eigenvalue weighted by Gasteiger charge is -2.30. The van der Waals surface area contributed by atoms with Gasteiger partial charge in [0.25, 0.3) is 5.91 Å². The Morgan fingerprint density at radius 3 is 2.84 bits per heavy atom. The number of pyridine rings is 1. The highest BCUT2D eigenvalue weighted by Crippen LogP contribution is 2.18. The summed E-state index contributed by atoms with van der Waals surface area (Å²) < 4.78 is 0. The standard InChI is InChI=1S/C19H25N5O/c1-15-4-3-12-24(14-15)18(25)17-7-11-21-19(22-17)23(2)13-8-16-5-9-20-10-6-16/h5-7,9-11,15H,3-4,8,12-14H2,1-2H3. The molecular weight excluding hydrogens is 314 g/mol. The Morgan fingerprint density at radius 2 is 2.08 bits per heavy atom. The topological polar surface area (TPSA) is 62.2 Å².